The van der Waals surface area contributed by atoms with Gasteiger partial charge in [0.15, 0.2) is 34.5 Å². The van der Waals surface area contributed by atoms with Crippen LogP contribution in [-0.2, 0) is 19.4 Å². The van der Waals surface area contributed by atoms with E-state index in [1.165, 1.54) is 102 Å². The summed E-state index contributed by atoms with van der Waals surface area (Å²) in [6.45, 7) is 4.21. The third kappa shape index (κ3) is 17.2. The van der Waals surface area contributed by atoms with Crippen LogP contribution in [-0.4, -0.2) is 87.6 Å². The van der Waals surface area contributed by atoms with Gasteiger partial charge < -0.3 is 59.7 Å². The maximum Gasteiger partial charge on any atom is 0.164 e. The number of para-hydroxylation sites is 2. The fourth-order valence-electron chi connectivity index (χ4n) is 7.57. The van der Waals surface area contributed by atoms with E-state index in [9.17, 15) is 17.6 Å². The number of hydrogen-bond donors (Lipinski definition) is 6. The Hall–Kier alpha value is -7.18. The number of nitrogens with two attached hydrogens (primary N) is 1. The van der Waals surface area contributed by atoms with E-state index in [2.05, 4.69) is 90.3 Å². The average Bonchev–Trinajstić information content (AvgIpc) is 4.14. The molecule has 394 valence electrons. The Balaban J connectivity index is 0.000000190. The van der Waals surface area contributed by atoms with Crippen molar-refractivity contribution in [2.75, 3.05) is 72.7 Å². The molecule has 3 heterocycles. The van der Waals surface area contributed by atoms with E-state index in [-0.39, 0.29) is 30.7 Å². The molecule has 74 heavy (non-hydrogen) atoms. The number of benzene rings is 6. The lowest BCUT2D eigenvalue weighted by Crippen LogP contribution is -2.23. The van der Waals surface area contributed by atoms with Gasteiger partial charge in [0, 0.05) is 101 Å². The summed E-state index contributed by atoms with van der Waals surface area (Å²) in [5.74, 6) is 1.39. The zero-order valence-corrected chi connectivity index (χ0v) is 42.6. The van der Waals surface area contributed by atoms with Gasteiger partial charge in [0.1, 0.15) is 43.1 Å². The maximum atomic E-state index is 13.3. The van der Waals surface area contributed by atoms with Crippen molar-refractivity contribution in [1.29, 1.82) is 0 Å². The first-order valence-corrected chi connectivity index (χ1v) is 24.7. The molecule has 0 aliphatic carbocycles. The molecule has 3 aromatic heterocycles. The summed E-state index contributed by atoms with van der Waals surface area (Å²) < 4.78 is 84.1. The van der Waals surface area contributed by atoms with Crippen LogP contribution >= 0.6 is 15.9 Å². The van der Waals surface area contributed by atoms with Crippen LogP contribution in [0.15, 0.2) is 140 Å². The molecule has 9 rings (SSSR count). The Morgan fingerprint density at radius 2 is 0.878 bits per heavy atom. The number of methoxy groups -OCH3 is 3. The van der Waals surface area contributed by atoms with Gasteiger partial charge in [0.25, 0.3) is 0 Å². The number of nitrogens with one attached hydrogen (secondary N) is 5. The Kier molecular flexibility index (Phi) is 24.0. The summed E-state index contributed by atoms with van der Waals surface area (Å²) in [6, 6.07) is 33.8. The third-order valence-corrected chi connectivity index (χ3v) is 11.6. The minimum absolute atomic E-state index is 0. The van der Waals surface area contributed by atoms with Gasteiger partial charge in [-0.2, -0.15) is 0 Å². The highest BCUT2D eigenvalue weighted by Crippen LogP contribution is 2.29. The number of H-pyrrole nitrogens is 3. The number of aromatic nitrogens is 3. The third-order valence-electron chi connectivity index (χ3n) is 11.2. The molecule has 12 nitrogen and oxygen atoms in total. The topological polar surface area (TPSA) is 153 Å². The highest BCUT2D eigenvalue weighted by molar-refractivity contribution is 9.09. The van der Waals surface area contributed by atoms with Crippen LogP contribution in [0.25, 0.3) is 32.7 Å². The monoisotopic (exact) mass is 1080 g/mol. The molecule has 0 unspecified atom stereocenters. The predicted molar refractivity (Wildman–Crippen MR) is 292 cm³/mol. The average molecular weight is 1090 g/mol. The normalized spacial score (nSPS) is 10.6. The lowest BCUT2D eigenvalue weighted by molar-refractivity contribution is 0.290. The first-order chi connectivity index (χ1) is 35.6. The molecular formula is C57H65BrF4N6O6. The summed E-state index contributed by atoms with van der Waals surface area (Å²) in [6.07, 6.45) is 8.03. The number of fused-ring (bicyclic) bond motifs is 3. The molecule has 0 fully saturated rings. The lowest BCUT2D eigenvalue weighted by atomic mass is 10.1. The Morgan fingerprint density at radius 3 is 1.36 bits per heavy atom. The van der Waals surface area contributed by atoms with Crippen molar-refractivity contribution in [2.45, 2.75) is 26.8 Å². The molecule has 0 radical (unpaired) electrons. The molecule has 0 saturated carbocycles. The zero-order chi connectivity index (χ0) is 51.8. The first kappa shape index (κ1) is 57.7. The van der Waals surface area contributed by atoms with Crippen LogP contribution < -0.4 is 44.8 Å². The smallest absolute Gasteiger partial charge is 0.164 e. The molecule has 0 spiro atoms. The van der Waals surface area contributed by atoms with Crippen LogP contribution in [0.5, 0.6) is 34.5 Å². The molecule has 0 saturated heterocycles. The van der Waals surface area contributed by atoms with Crippen molar-refractivity contribution < 1.29 is 46.0 Å². The molecule has 0 amide bonds. The largest absolute Gasteiger partial charge is 0.493 e. The summed E-state index contributed by atoms with van der Waals surface area (Å²) in [5, 5.41) is 11.0. The van der Waals surface area contributed by atoms with Crippen molar-refractivity contribution in [3.05, 3.63) is 180 Å². The number of ether oxygens (including phenoxy) is 6. The second-order valence-corrected chi connectivity index (χ2v) is 16.9. The van der Waals surface area contributed by atoms with Gasteiger partial charge in [0.2, 0.25) is 0 Å². The molecule has 6 aromatic carbocycles. The number of alkyl halides is 1. The maximum absolute atomic E-state index is 13.3. The van der Waals surface area contributed by atoms with E-state index < -0.39 is 0 Å². The molecule has 0 atom stereocenters. The van der Waals surface area contributed by atoms with Gasteiger partial charge in [-0.15, -0.1) is 0 Å². The van der Waals surface area contributed by atoms with Gasteiger partial charge >= 0.3 is 0 Å². The van der Waals surface area contributed by atoms with E-state index >= 15 is 0 Å². The second-order valence-electron chi connectivity index (χ2n) is 16.1. The summed E-state index contributed by atoms with van der Waals surface area (Å²) in [4.78, 5) is 9.64. The van der Waals surface area contributed by atoms with Crippen molar-refractivity contribution in [3.8, 4) is 34.5 Å². The Bertz CT molecular complexity index is 3080. The molecule has 9 aromatic rings. The van der Waals surface area contributed by atoms with Gasteiger partial charge in [-0.1, -0.05) is 59.8 Å². The summed E-state index contributed by atoms with van der Waals surface area (Å²) >= 11 is 3.44. The van der Waals surface area contributed by atoms with Gasteiger partial charge in [-0.05, 0) is 103 Å². The van der Waals surface area contributed by atoms with Gasteiger partial charge in [-0.25, -0.2) is 17.6 Å². The number of rotatable bonds is 21. The van der Waals surface area contributed by atoms with E-state index in [1.54, 1.807) is 19.2 Å². The van der Waals surface area contributed by atoms with Gasteiger partial charge in [-0.3, -0.25) is 0 Å². The fourth-order valence-corrected chi connectivity index (χ4v) is 8.00. The number of aryl methyl sites for hydroxylation is 1. The Labute approximate surface area is 438 Å². The Morgan fingerprint density at radius 1 is 0.459 bits per heavy atom. The van der Waals surface area contributed by atoms with Crippen LogP contribution in [0.1, 0.15) is 24.1 Å². The van der Waals surface area contributed by atoms with Crippen LogP contribution in [0.3, 0.4) is 0 Å². The summed E-state index contributed by atoms with van der Waals surface area (Å²) in [5.41, 5.74) is 12.2. The second kappa shape index (κ2) is 30.8. The number of hydrogen-bond acceptors (Lipinski definition) is 9. The first-order valence-electron chi connectivity index (χ1n) is 23.6. The van der Waals surface area contributed by atoms with Crippen LogP contribution in [0.2, 0.25) is 0 Å². The minimum atomic E-state index is -0.375. The minimum Gasteiger partial charge on any atom is -0.493 e. The van der Waals surface area contributed by atoms with E-state index in [0.29, 0.717) is 80.5 Å². The van der Waals surface area contributed by atoms with Crippen LogP contribution in [0.4, 0.5) is 17.6 Å². The lowest BCUT2D eigenvalue weighted by Gasteiger charge is -2.11. The van der Waals surface area contributed by atoms with Crippen molar-refractivity contribution in [2.24, 2.45) is 5.73 Å². The molecule has 0 aliphatic heterocycles. The number of halogens is 5. The fraction of sp³-hybridized carbons (Fsp3) is 0.263. The van der Waals surface area contributed by atoms with Crippen LogP contribution in [0, 0.1) is 23.3 Å². The molecule has 17 heteroatoms. The molecule has 7 N–H and O–H groups in total. The molecule has 0 bridgehead atoms. The SMILES string of the molecule is BrCCc1c[nH]c2ccccc12.C.COc1ccc(F)cc1OCCN.COc1ccc(F)cc1OCCNCCc1c[nH]c2ccccc12.COc1ccc(F)cc1OCCNCc1c[nH]c2ccc(F)cc12. The van der Waals surface area contributed by atoms with Crippen molar-refractivity contribution >= 4 is 48.6 Å². The van der Waals surface area contributed by atoms with E-state index in [0.717, 1.165) is 46.7 Å². The van der Waals surface area contributed by atoms with E-state index in [4.69, 9.17) is 34.2 Å². The van der Waals surface area contributed by atoms with Gasteiger partial charge in [0.05, 0.1) is 21.3 Å². The molecular weight excluding hydrogens is 1020 g/mol. The molecule has 0 aliphatic rings. The van der Waals surface area contributed by atoms with Crippen molar-refractivity contribution in [3.63, 3.8) is 0 Å². The quantitative estimate of drug-likeness (QED) is 0.0235. The van der Waals surface area contributed by atoms with E-state index in [1.807, 2.05) is 18.3 Å². The standard InChI is InChI=1S/C19H21FN2O2.C18H18F2N2O2.C10H10BrN.C9H12FNO2.CH4/c1-23-18-7-6-15(20)12-19(18)24-11-10-21-9-8-14-13-22-17-5-3-2-4-16(14)17;1-23-17-5-3-14(20)9-18(17)24-7-6-21-10-12-11-22-16-4-2-13(19)8-15(12)16;11-6-5-8-7-12-10-4-2-1-3-9(8)10;1-12-8-3-2-7(10)6-9(8)13-5-4-11;/h2-7,12-13,21-22H,8-11H2,1H3;2-5,8-9,11,21-22H,6-7,10H2,1H3;1-4,7,12H,5-6H2;2-3,6H,4-5,11H2,1H3;1H4. The predicted octanol–water partition coefficient (Wildman–Crippen LogP) is 12.1. The summed E-state index contributed by atoms with van der Waals surface area (Å²) in [7, 11) is 4.55. The van der Waals surface area contributed by atoms with Crippen molar-refractivity contribution in [1.82, 2.24) is 25.6 Å². The number of aromatic amines is 3. The zero-order valence-electron chi connectivity index (χ0n) is 41.0. The highest BCUT2D eigenvalue weighted by Gasteiger charge is 2.10. The highest BCUT2D eigenvalue weighted by atomic mass is 79.9.